The first-order valence-electron chi connectivity index (χ1n) is 12.1. The van der Waals surface area contributed by atoms with Crippen LogP contribution in [0.15, 0.2) is 58.4 Å². The molecule has 2 aliphatic rings. The Kier molecular flexibility index (Phi) is 7.32. The Balaban J connectivity index is 1.47. The number of methoxy groups -OCH3 is 1. The van der Waals surface area contributed by atoms with Crippen molar-refractivity contribution in [1.29, 1.82) is 0 Å². The zero-order valence-corrected chi connectivity index (χ0v) is 22.6. The Labute approximate surface area is 224 Å². The van der Waals surface area contributed by atoms with Gasteiger partial charge >= 0.3 is 0 Å². The number of morpholine rings is 1. The summed E-state index contributed by atoms with van der Waals surface area (Å²) in [7, 11) is 1.63. The molecule has 3 aromatic rings. The van der Waals surface area contributed by atoms with Gasteiger partial charge in [0.05, 0.1) is 29.8 Å². The van der Waals surface area contributed by atoms with Gasteiger partial charge in [-0.3, -0.25) is 18.9 Å². The van der Waals surface area contributed by atoms with Crippen molar-refractivity contribution in [2.24, 2.45) is 0 Å². The largest absolute Gasteiger partial charge is 0.497 e. The molecule has 0 N–H and O–H groups in total. The van der Waals surface area contributed by atoms with E-state index in [2.05, 4.69) is 4.90 Å². The fourth-order valence-electron chi connectivity index (χ4n) is 4.67. The van der Waals surface area contributed by atoms with E-state index in [1.165, 1.54) is 16.2 Å². The molecule has 2 fully saturated rings. The van der Waals surface area contributed by atoms with Crippen LogP contribution in [0.2, 0.25) is 0 Å². The van der Waals surface area contributed by atoms with Gasteiger partial charge in [-0.2, -0.15) is 0 Å². The number of fused-ring (bicyclic) bond motifs is 1. The zero-order valence-electron chi connectivity index (χ0n) is 20.9. The highest BCUT2D eigenvalue weighted by atomic mass is 32.2. The van der Waals surface area contributed by atoms with Crippen molar-refractivity contribution in [3.05, 3.63) is 75.0 Å². The number of pyridine rings is 1. The van der Waals surface area contributed by atoms with E-state index in [4.69, 9.17) is 26.7 Å². The lowest BCUT2D eigenvalue weighted by Gasteiger charge is -2.36. The van der Waals surface area contributed by atoms with E-state index in [0.29, 0.717) is 52.3 Å². The van der Waals surface area contributed by atoms with Gasteiger partial charge in [-0.15, -0.1) is 0 Å². The lowest BCUT2D eigenvalue weighted by Crippen LogP contribution is -2.46. The summed E-state index contributed by atoms with van der Waals surface area (Å²) in [4.78, 5) is 35.9. The quantitative estimate of drug-likeness (QED) is 0.348. The van der Waals surface area contributed by atoms with Crippen molar-refractivity contribution >= 4 is 51.7 Å². The van der Waals surface area contributed by atoms with Crippen LogP contribution in [0.5, 0.6) is 5.75 Å². The molecular weight excluding hydrogens is 508 g/mol. The smallest absolute Gasteiger partial charge is 0.267 e. The van der Waals surface area contributed by atoms with E-state index in [0.717, 1.165) is 11.3 Å². The Hall–Kier alpha value is -3.21. The second-order valence-electron chi connectivity index (χ2n) is 9.18. The molecule has 2 aromatic heterocycles. The highest BCUT2D eigenvalue weighted by molar-refractivity contribution is 8.26. The summed E-state index contributed by atoms with van der Waals surface area (Å²) < 4.78 is 13.1. The number of thiocarbonyl (C=S) groups is 1. The summed E-state index contributed by atoms with van der Waals surface area (Å²) in [6, 6.07) is 13.2. The first kappa shape index (κ1) is 25.4. The second-order valence-corrected chi connectivity index (χ2v) is 10.9. The van der Waals surface area contributed by atoms with Gasteiger partial charge in [-0.25, -0.2) is 4.98 Å². The third-order valence-corrected chi connectivity index (χ3v) is 7.78. The summed E-state index contributed by atoms with van der Waals surface area (Å²) in [6.07, 6.45) is 3.98. The Morgan fingerprint density at radius 1 is 1.14 bits per heavy atom. The highest BCUT2D eigenvalue weighted by Crippen LogP contribution is 2.34. The zero-order chi connectivity index (χ0) is 26.1. The number of rotatable bonds is 6. The van der Waals surface area contributed by atoms with Crippen molar-refractivity contribution in [1.82, 2.24) is 14.3 Å². The van der Waals surface area contributed by atoms with Gasteiger partial charge < -0.3 is 14.4 Å². The molecule has 0 radical (unpaired) electrons. The lowest BCUT2D eigenvalue weighted by atomic mass is 10.1. The molecule has 0 unspecified atom stereocenters. The molecule has 0 bridgehead atoms. The minimum absolute atomic E-state index is 0.0104. The molecule has 0 saturated carbocycles. The number of ether oxygens (including phenoxy) is 2. The molecule has 2 aliphatic heterocycles. The van der Waals surface area contributed by atoms with Crippen LogP contribution < -0.4 is 15.2 Å². The highest BCUT2D eigenvalue weighted by Gasteiger charge is 2.33. The molecule has 10 heteroatoms. The van der Waals surface area contributed by atoms with Gasteiger partial charge in [-0.05, 0) is 56.2 Å². The third kappa shape index (κ3) is 5.27. The predicted molar refractivity (Wildman–Crippen MR) is 150 cm³/mol. The number of carbonyl (C=O) groups is 1. The number of thioether (sulfide) groups is 1. The molecule has 37 heavy (non-hydrogen) atoms. The van der Waals surface area contributed by atoms with Gasteiger partial charge in [0, 0.05) is 25.8 Å². The number of hydrogen-bond acceptors (Lipinski definition) is 8. The molecule has 1 aromatic carbocycles. The second kappa shape index (κ2) is 10.6. The number of benzene rings is 1. The van der Waals surface area contributed by atoms with Crippen LogP contribution in [-0.4, -0.2) is 63.5 Å². The minimum Gasteiger partial charge on any atom is -0.497 e. The maximum Gasteiger partial charge on any atom is 0.267 e. The average molecular weight is 537 g/mol. The molecule has 5 rings (SSSR count). The number of anilines is 1. The topological polar surface area (TPSA) is 76.4 Å². The molecule has 8 nitrogen and oxygen atoms in total. The first-order valence-corrected chi connectivity index (χ1v) is 13.4. The fourth-order valence-corrected chi connectivity index (χ4v) is 5.96. The van der Waals surface area contributed by atoms with E-state index in [-0.39, 0.29) is 23.7 Å². The monoisotopic (exact) mass is 536 g/mol. The average Bonchev–Trinajstić information content (AvgIpc) is 3.15. The summed E-state index contributed by atoms with van der Waals surface area (Å²) in [5.74, 6) is 1.14. The van der Waals surface area contributed by atoms with Gasteiger partial charge in [0.2, 0.25) is 0 Å². The van der Waals surface area contributed by atoms with Crippen LogP contribution in [0.3, 0.4) is 0 Å². The standard InChI is InChI=1S/C27H28N4O4S2/c1-17-15-29(16-18(2)35-17)24-21(25(32)30-12-5-4-6-23(30)28-24)14-22-26(33)31(27(36)37-22)13-11-19-7-9-20(34-3)10-8-19/h4-10,12,14,17-18H,11,13,15-16H2,1-3H3/b22-14-/t17-,18-/m1/s1. The maximum absolute atomic E-state index is 13.6. The Bertz CT molecular complexity index is 1430. The molecule has 192 valence electrons. The van der Waals surface area contributed by atoms with Gasteiger partial charge in [0.1, 0.15) is 21.5 Å². The van der Waals surface area contributed by atoms with Crippen molar-refractivity contribution in [2.75, 3.05) is 31.6 Å². The summed E-state index contributed by atoms with van der Waals surface area (Å²) in [5.41, 5.74) is 1.78. The molecule has 2 saturated heterocycles. The third-order valence-electron chi connectivity index (χ3n) is 6.40. The van der Waals surface area contributed by atoms with Crippen molar-refractivity contribution < 1.29 is 14.3 Å². The van der Waals surface area contributed by atoms with E-state index < -0.39 is 0 Å². The number of aromatic nitrogens is 2. The molecule has 0 spiro atoms. The predicted octanol–water partition coefficient (Wildman–Crippen LogP) is 3.76. The van der Waals surface area contributed by atoms with Crippen LogP contribution in [0, 0.1) is 0 Å². The number of hydrogen-bond donors (Lipinski definition) is 0. The summed E-state index contributed by atoms with van der Waals surface area (Å²) in [6.45, 7) is 5.66. The first-order chi connectivity index (χ1) is 17.8. The Morgan fingerprint density at radius 2 is 1.86 bits per heavy atom. The van der Waals surface area contributed by atoms with E-state index in [1.54, 1.807) is 36.4 Å². The molecule has 1 amide bonds. The van der Waals surface area contributed by atoms with Gasteiger partial charge in [0.15, 0.2) is 0 Å². The SMILES string of the molecule is COc1ccc(CCN2C(=O)/C(=C/c3c(N4C[C@@H](C)O[C@H](C)C4)nc4ccccn4c3=O)SC2=S)cc1. The van der Waals surface area contributed by atoms with Gasteiger partial charge in [-0.1, -0.05) is 42.2 Å². The van der Waals surface area contributed by atoms with Crippen LogP contribution in [-0.2, 0) is 16.0 Å². The number of amides is 1. The van der Waals surface area contributed by atoms with Crippen LogP contribution in [0.25, 0.3) is 11.7 Å². The molecule has 2 atom stereocenters. The molecular formula is C27H28N4O4S2. The lowest BCUT2D eigenvalue weighted by molar-refractivity contribution is -0.122. The fraction of sp³-hybridized carbons (Fsp3) is 0.333. The van der Waals surface area contributed by atoms with Crippen LogP contribution >= 0.6 is 24.0 Å². The van der Waals surface area contributed by atoms with Crippen molar-refractivity contribution in [3.8, 4) is 5.75 Å². The summed E-state index contributed by atoms with van der Waals surface area (Å²) in [5, 5.41) is 0. The van der Waals surface area contributed by atoms with E-state index >= 15 is 0 Å². The Morgan fingerprint density at radius 3 is 2.57 bits per heavy atom. The van der Waals surface area contributed by atoms with Crippen molar-refractivity contribution in [3.63, 3.8) is 0 Å². The van der Waals surface area contributed by atoms with E-state index in [9.17, 15) is 9.59 Å². The van der Waals surface area contributed by atoms with Crippen LogP contribution in [0.4, 0.5) is 5.82 Å². The normalized spacial score (nSPS) is 21.3. The number of carbonyl (C=O) groups excluding carboxylic acids is 1. The number of nitrogens with zero attached hydrogens (tertiary/aromatic N) is 4. The van der Waals surface area contributed by atoms with E-state index in [1.807, 2.05) is 44.2 Å². The minimum atomic E-state index is -0.226. The van der Waals surface area contributed by atoms with Crippen LogP contribution in [0.1, 0.15) is 25.0 Å². The summed E-state index contributed by atoms with van der Waals surface area (Å²) >= 11 is 6.76. The molecule has 0 aliphatic carbocycles. The maximum atomic E-state index is 13.6. The van der Waals surface area contributed by atoms with Crippen molar-refractivity contribution in [2.45, 2.75) is 32.5 Å². The molecule has 4 heterocycles. The van der Waals surface area contributed by atoms with Gasteiger partial charge in [0.25, 0.3) is 11.5 Å².